The smallest absolute Gasteiger partial charge is 0.410 e. The molecule has 0 bridgehead atoms. The molecular formula is C42H49Cl2F3N10O4. The molecule has 326 valence electrons. The Balaban J connectivity index is 0.000000195. The minimum absolute atomic E-state index is 0.0561. The first kappa shape index (κ1) is 48.3. The van der Waals surface area contributed by atoms with Crippen molar-refractivity contribution < 1.29 is 32.2 Å². The Morgan fingerprint density at radius 2 is 1.21 bits per heavy atom. The van der Waals surface area contributed by atoms with Crippen molar-refractivity contribution in [2.45, 2.75) is 102 Å². The van der Waals surface area contributed by atoms with Crippen molar-refractivity contribution >= 4 is 41.1 Å². The lowest BCUT2D eigenvalue weighted by Gasteiger charge is -2.56. The van der Waals surface area contributed by atoms with Gasteiger partial charge in [0.2, 0.25) is 11.9 Å². The molecule has 4 aliphatic rings. The highest BCUT2D eigenvalue weighted by molar-refractivity contribution is 6.34. The number of aromatic nitrogens is 3. The molecule has 0 atom stereocenters. The van der Waals surface area contributed by atoms with Crippen molar-refractivity contribution in [2.75, 3.05) is 44.2 Å². The lowest BCUT2D eigenvalue weighted by atomic mass is 9.73. The topological polar surface area (TPSA) is 184 Å². The molecule has 2 saturated heterocycles. The van der Waals surface area contributed by atoms with Crippen LogP contribution >= 0.6 is 23.2 Å². The zero-order valence-corrected chi connectivity index (χ0v) is 36.5. The molecule has 61 heavy (non-hydrogen) atoms. The van der Waals surface area contributed by atoms with Crippen LogP contribution in [0.1, 0.15) is 97.1 Å². The van der Waals surface area contributed by atoms with Crippen molar-refractivity contribution in [3.05, 3.63) is 81.4 Å². The van der Waals surface area contributed by atoms with Crippen LogP contribution in [0.3, 0.4) is 0 Å². The highest BCUT2D eigenvalue weighted by atomic mass is 35.5. The molecule has 7 rings (SSSR count). The van der Waals surface area contributed by atoms with E-state index >= 15 is 0 Å². The molecule has 2 saturated carbocycles. The van der Waals surface area contributed by atoms with E-state index in [2.05, 4.69) is 20.3 Å². The van der Waals surface area contributed by atoms with Gasteiger partial charge in [-0.3, -0.25) is 9.80 Å². The van der Waals surface area contributed by atoms with Crippen LogP contribution < -0.4 is 10.2 Å². The number of hydrogen-bond donors (Lipinski definition) is 1. The fraction of sp³-hybridized carbons (Fsp3) is 0.524. The van der Waals surface area contributed by atoms with E-state index in [-0.39, 0.29) is 45.5 Å². The Kier molecular flexibility index (Phi) is 16.2. The first-order valence-corrected chi connectivity index (χ1v) is 20.4. The van der Waals surface area contributed by atoms with Crippen LogP contribution in [-0.2, 0) is 9.47 Å². The quantitative estimate of drug-likeness (QED) is 0.231. The summed E-state index contributed by atoms with van der Waals surface area (Å²) >= 11 is 11.0. The number of pyridine rings is 3. The summed E-state index contributed by atoms with van der Waals surface area (Å²) in [4.78, 5) is 40.8. The molecule has 3 aromatic rings. The highest BCUT2D eigenvalue weighted by Crippen LogP contribution is 2.42. The maximum atomic E-state index is 13.7. The van der Waals surface area contributed by atoms with Gasteiger partial charge in [0.05, 0.1) is 11.1 Å². The minimum atomic E-state index is -0.975. The second-order valence-corrected chi connectivity index (χ2v) is 17.7. The molecule has 19 heteroatoms. The largest absolute Gasteiger partial charge is 0.444 e. The van der Waals surface area contributed by atoms with E-state index in [1.54, 1.807) is 6.07 Å². The standard InChI is InChI=1S/C18H23FN4O2.C12H22N2O2.C6H2Cl2N2.C6H2F2N2/c1-17(2,3)25-16(24)23-8-7-22(12-18(23)5-4-6-18)14-9-13(11-20)21-15(19)10-14;1-11(2,3)16-10(15)14-8-7-13-9-12(14)5-4-6-12;2*7-4-1-5(3-9)10-6(8)2-4/h9-10H,4-8,12H2,1-3H3;13H,4-9H2,1-3H3;2*1-2H. The van der Waals surface area contributed by atoms with E-state index in [9.17, 15) is 22.8 Å². The van der Waals surface area contributed by atoms with E-state index < -0.39 is 28.9 Å². The lowest BCUT2D eigenvalue weighted by Crippen LogP contribution is -2.67. The normalized spacial score (nSPS) is 17.1. The molecule has 3 aromatic heterocycles. The number of piperazine rings is 2. The highest BCUT2D eigenvalue weighted by Gasteiger charge is 2.50. The predicted molar refractivity (Wildman–Crippen MR) is 221 cm³/mol. The van der Waals surface area contributed by atoms with Crippen LogP contribution in [0.5, 0.6) is 0 Å². The van der Waals surface area contributed by atoms with E-state index in [4.69, 9.17) is 48.5 Å². The molecule has 5 heterocycles. The van der Waals surface area contributed by atoms with Crippen LogP contribution in [0, 0.1) is 51.7 Å². The monoisotopic (exact) mass is 884 g/mol. The van der Waals surface area contributed by atoms with Crippen molar-refractivity contribution in [3.8, 4) is 18.2 Å². The number of nitrogens with one attached hydrogen (secondary N) is 1. The van der Waals surface area contributed by atoms with E-state index in [0.29, 0.717) is 36.4 Å². The third kappa shape index (κ3) is 13.8. The summed E-state index contributed by atoms with van der Waals surface area (Å²) in [6.07, 6.45) is 5.88. The number of ether oxygens (including phenoxy) is 2. The first-order chi connectivity index (χ1) is 28.6. The summed E-state index contributed by atoms with van der Waals surface area (Å²) in [5.74, 6) is -2.42. The van der Waals surface area contributed by atoms with E-state index in [1.807, 2.05) is 68.4 Å². The molecule has 0 unspecified atom stereocenters. The molecule has 2 spiro atoms. The van der Waals surface area contributed by atoms with Gasteiger partial charge in [0.25, 0.3) is 0 Å². The molecular weight excluding hydrogens is 836 g/mol. The molecule has 1 N–H and O–H groups in total. The van der Waals surface area contributed by atoms with Crippen LogP contribution in [0.2, 0.25) is 10.2 Å². The Hall–Kier alpha value is -5.41. The Morgan fingerprint density at radius 1 is 0.705 bits per heavy atom. The average molecular weight is 886 g/mol. The summed E-state index contributed by atoms with van der Waals surface area (Å²) in [5.41, 5.74) is -0.461. The predicted octanol–water partition coefficient (Wildman–Crippen LogP) is 8.31. The number of hydrogen-bond acceptors (Lipinski definition) is 12. The van der Waals surface area contributed by atoms with Crippen molar-refractivity contribution in [1.82, 2.24) is 30.1 Å². The van der Waals surface area contributed by atoms with Gasteiger partial charge in [-0.25, -0.2) is 28.9 Å². The number of nitrogens with zero attached hydrogens (tertiary/aromatic N) is 9. The maximum absolute atomic E-state index is 13.7. The molecule has 2 aliphatic heterocycles. The second kappa shape index (κ2) is 20.4. The fourth-order valence-electron chi connectivity index (χ4n) is 7.06. The third-order valence-electron chi connectivity index (χ3n) is 9.99. The van der Waals surface area contributed by atoms with Gasteiger partial charge in [-0.15, -0.1) is 0 Å². The van der Waals surface area contributed by atoms with E-state index in [0.717, 1.165) is 57.8 Å². The van der Waals surface area contributed by atoms with Crippen LogP contribution in [0.25, 0.3) is 0 Å². The fourth-order valence-corrected chi connectivity index (χ4v) is 7.53. The lowest BCUT2D eigenvalue weighted by molar-refractivity contribution is -0.0362. The van der Waals surface area contributed by atoms with Crippen LogP contribution in [0.15, 0.2) is 36.4 Å². The Morgan fingerprint density at radius 3 is 1.69 bits per heavy atom. The molecule has 4 fully saturated rings. The molecule has 14 nitrogen and oxygen atoms in total. The number of rotatable bonds is 1. The van der Waals surface area contributed by atoms with Gasteiger partial charge >= 0.3 is 12.2 Å². The van der Waals surface area contributed by atoms with Gasteiger partial charge in [0, 0.05) is 68.2 Å². The zero-order chi connectivity index (χ0) is 45.2. The number of carbonyl (C=O) groups is 2. The summed E-state index contributed by atoms with van der Waals surface area (Å²) in [7, 11) is 0. The third-order valence-corrected chi connectivity index (χ3v) is 10.4. The Labute approximate surface area is 364 Å². The Bertz CT molecular complexity index is 2070. The van der Waals surface area contributed by atoms with E-state index in [1.165, 1.54) is 30.7 Å². The summed E-state index contributed by atoms with van der Waals surface area (Å²) in [6.45, 7) is 15.6. The summed E-state index contributed by atoms with van der Waals surface area (Å²) in [6, 6.07) is 12.6. The number of nitriles is 3. The molecule has 0 radical (unpaired) electrons. The summed E-state index contributed by atoms with van der Waals surface area (Å²) in [5, 5.41) is 29.5. The second-order valence-electron chi connectivity index (χ2n) is 16.9. The first-order valence-electron chi connectivity index (χ1n) is 19.6. The van der Waals surface area contributed by atoms with Gasteiger partial charge in [0.1, 0.15) is 57.5 Å². The van der Waals surface area contributed by atoms with Gasteiger partial charge in [0.15, 0.2) is 0 Å². The SMILES string of the molecule is CC(C)(C)OC(=O)N1CCN(c2cc(F)nc(C#N)c2)CC12CCC2.CC(C)(C)OC(=O)N1CCNCC12CCC2.N#Cc1cc(Cl)cc(Cl)n1.N#Cc1cc(F)cc(F)n1. The zero-order valence-electron chi connectivity index (χ0n) is 35.0. The molecule has 2 aliphatic carbocycles. The van der Waals surface area contributed by atoms with Crippen molar-refractivity contribution in [2.24, 2.45) is 0 Å². The van der Waals surface area contributed by atoms with Crippen molar-refractivity contribution in [1.29, 1.82) is 15.8 Å². The van der Waals surface area contributed by atoms with Gasteiger partial charge in [-0.05, 0) is 98.3 Å². The molecule has 2 amide bonds. The number of carbonyl (C=O) groups excluding carboxylic acids is 2. The maximum Gasteiger partial charge on any atom is 0.410 e. The van der Waals surface area contributed by atoms with Crippen LogP contribution in [-0.4, -0.2) is 98.5 Å². The van der Waals surface area contributed by atoms with Crippen LogP contribution in [0.4, 0.5) is 28.4 Å². The van der Waals surface area contributed by atoms with Crippen molar-refractivity contribution in [3.63, 3.8) is 0 Å². The van der Waals surface area contributed by atoms with Gasteiger partial charge in [-0.1, -0.05) is 23.2 Å². The molecule has 0 aromatic carbocycles. The number of halogens is 5. The average Bonchev–Trinajstić information content (AvgIpc) is 3.14. The number of amides is 2. The number of anilines is 1. The minimum Gasteiger partial charge on any atom is -0.444 e. The van der Waals surface area contributed by atoms with Gasteiger partial charge < -0.3 is 19.7 Å². The summed E-state index contributed by atoms with van der Waals surface area (Å²) < 4.78 is 49.0. The van der Waals surface area contributed by atoms with Gasteiger partial charge in [-0.2, -0.15) is 24.6 Å².